The average Bonchev–Trinajstić information content (AvgIpc) is 2.87. The number of aliphatic hydroxyl groups excluding tert-OH is 1. The van der Waals surface area contributed by atoms with E-state index in [-0.39, 0.29) is 11.7 Å². The fourth-order valence-corrected chi connectivity index (χ4v) is 2.71. The molecule has 7 heteroatoms. The minimum Gasteiger partial charge on any atom is -0.392 e. The van der Waals surface area contributed by atoms with E-state index in [0.29, 0.717) is 18.1 Å². The molecule has 1 fully saturated rings. The second-order valence-corrected chi connectivity index (χ2v) is 5.01. The van der Waals surface area contributed by atoms with E-state index in [4.69, 9.17) is 0 Å². The second kappa shape index (κ2) is 4.17. The Kier molecular flexibility index (Phi) is 2.65. The maximum Gasteiger partial charge on any atom is 0.275 e. The van der Waals surface area contributed by atoms with Gasteiger partial charge in [-0.05, 0) is 6.42 Å². The summed E-state index contributed by atoms with van der Waals surface area (Å²) < 4.78 is 1.30. The maximum atomic E-state index is 11.7. The number of likely N-dealkylation sites (tertiary alicyclic amines) is 1. The van der Waals surface area contributed by atoms with Crippen molar-refractivity contribution in [3.63, 3.8) is 0 Å². The van der Waals surface area contributed by atoms with Crippen LogP contribution in [0.2, 0.25) is 0 Å². The van der Waals surface area contributed by atoms with Crippen LogP contribution in [0, 0.1) is 0 Å². The van der Waals surface area contributed by atoms with E-state index < -0.39 is 0 Å². The quantitative estimate of drug-likeness (QED) is 0.796. The molecule has 0 saturated carbocycles. The Bertz CT molecular complexity index is 593. The zero-order valence-corrected chi connectivity index (χ0v) is 9.93. The molecule has 1 N–H and O–H groups in total. The van der Waals surface area contributed by atoms with Crippen LogP contribution in [-0.4, -0.2) is 43.8 Å². The van der Waals surface area contributed by atoms with Gasteiger partial charge in [-0.25, -0.2) is 4.98 Å². The fraction of sp³-hybridized carbons (Fsp3) is 0.500. The number of hydrogen-bond acceptors (Lipinski definition) is 6. The summed E-state index contributed by atoms with van der Waals surface area (Å²) in [6.07, 6.45) is 0.546. The van der Waals surface area contributed by atoms with Gasteiger partial charge in [0.15, 0.2) is 0 Å². The van der Waals surface area contributed by atoms with Crippen LogP contribution >= 0.6 is 11.3 Å². The minimum absolute atomic E-state index is 0.147. The number of β-amino-alcohol motifs (C(OH)–C–C–N with tert-alkyl or cyclic N) is 1. The van der Waals surface area contributed by atoms with Crippen molar-refractivity contribution in [2.75, 3.05) is 13.1 Å². The summed E-state index contributed by atoms with van der Waals surface area (Å²) in [7, 11) is 0. The molecule has 3 heterocycles. The van der Waals surface area contributed by atoms with Crippen LogP contribution in [0.4, 0.5) is 0 Å². The first-order valence-electron chi connectivity index (χ1n) is 5.45. The van der Waals surface area contributed by atoms with Crippen molar-refractivity contribution in [3.05, 3.63) is 27.6 Å². The van der Waals surface area contributed by atoms with Crippen LogP contribution in [0.1, 0.15) is 12.1 Å². The summed E-state index contributed by atoms with van der Waals surface area (Å²) in [5, 5.41) is 13.3. The summed E-state index contributed by atoms with van der Waals surface area (Å²) >= 11 is 1.35. The Balaban J connectivity index is 1.88. The van der Waals surface area contributed by atoms with E-state index in [1.165, 1.54) is 21.9 Å². The molecule has 0 radical (unpaired) electrons. The van der Waals surface area contributed by atoms with Gasteiger partial charge in [0.25, 0.3) is 5.56 Å². The molecule has 1 aliphatic rings. The molecule has 0 spiro atoms. The number of aliphatic hydroxyl groups is 1. The first-order valence-corrected chi connectivity index (χ1v) is 6.33. The summed E-state index contributed by atoms with van der Waals surface area (Å²) in [5.41, 5.74) is 2.20. The van der Waals surface area contributed by atoms with Crippen LogP contribution < -0.4 is 5.56 Å². The zero-order chi connectivity index (χ0) is 11.8. The molecular weight excluding hydrogens is 240 g/mol. The largest absolute Gasteiger partial charge is 0.392 e. The number of rotatable bonds is 2. The highest BCUT2D eigenvalue weighted by Gasteiger charge is 2.20. The molecule has 0 bridgehead atoms. The Morgan fingerprint density at radius 3 is 3.24 bits per heavy atom. The standard InChI is InChI=1S/C10H12N4O2S/c15-8-1-2-13(5-8)4-7-3-9(16)14-10(12-7)17-6-11-14/h3,6,8,15H,1-2,4-5H2/t8-/m0/s1. The third kappa shape index (κ3) is 2.08. The number of hydrogen-bond donors (Lipinski definition) is 1. The summed E-state index contributed by atoms with van der Waals surface area (Å²) in [4.78, 5) is 18.8. The molecule has 6 nitrogen and oxygen atoms in total. The molecule has 1 saturated heterocycles. The number of aromatic nitrogens is 3. The van der Waals surface area contributed by atoms with E-state index in [9.17, 15) is 9.90 Å². The van der Waals surface area contributed by atoms with E-state index >= 15 is 0 Å². The predicted octanol–water partition coefficient (Wildman–Crippen LogP) is -0.282. The highest BCUT2D eigenvalue weighted by Crippen LogP contribution is 2.12. The van der Waals surface area contributed by atoms with Gasteiger partial charge in [0.05, 0.1) is 11.8 Å². The van der Waals surface area contributed by atoms with Gasteiger partial charge in [-0.2, -0.15) is 9.61 Å². The number of fused-ring (bicyclic) bond motifs is 1. The van der Waals surface area contributed by atoms with Gasteiger partial charge in [-0.1, -0.05) is 11.3 Å². The van der Waals surface area contributed by atoms with Crippen molar-refractivity contribution in [3.8, 4) is 0 Å². The lowest BCUT2D eigenvalue weighted by Gasteiger charge is -2.13. The van der Waals surface area contributed by atoms with Crippen LogP contribution in [-0.2, 0) is 6.54 Å². The second-order valence-electron chi connectivity index (χ2n) is 4.20. The Morgan fingerprint density at radius 2 is 2.47 bits per heavy atom. The first-order chi connectivity index (χ1) is 8.22. The van der Waals surface area contributed by atoms with Crippen molar-refractivity contribution in [1.82, 2.24) is 19.5 Å². The lowest BCUT2D eigenvalue weighted by atomic mass is 10.3. The monoisotopic (exact) mass is 252 g/mol. The van der Waals surface area contributed by atoms with E-state index in [2.05, 4.69) is 15.0 Å². The molecule has 17 heavy (non-hydrogen) atoms. The van der Waals surface area contributed by atoms with Gasteiger partial charge in [0.1, 0.15) is 5.51 Å². The molecule has 1 aliphatic heterocycles. The third-order valence-electron chi connectivity index (χ3n) is 2.87. The SMILES string of the molecule is O=c1cc(CN2CC[C@H](O)C2)nc2scnn12. The van der Waals surface area contributed by atoms with Gasteiger partial charge in [0, 0.05) is 25.7 Å². The van der Waals surface area contributed by atoms with Crippen molar-refractivity contribution < 1.29 is 5.11 Å². The van der Waals surface area contributed by atoms with E-state index in [1.54, 1.807) is 5.51 Å². The van der Waals surface area contributed by atoms with E-state index in [0.717, 1.165) is 18.7 Å². The normalized spacial score (nSPS) is 21.4. The van der Waals surface area contributed by atoms with Crippen molar-refractivity contribution in [2.24, 2.45) is 0 Å². The van der Waals surface area contributed by atoms with Crippen molar-refractivity contribution in [1.29, 1.82) is 0 Å². The van der Waals surface area contributed by atoms with Crippen LogP contribution in [0.3, 0.4) is 0 Å². The van der Waals surface area contributed by atoms with Crippen LogP contribution in [0.5, 0.6) is 0 Å². The molecular formula is C10H12N4O2S. The van der Waals surface area contributed by atoms with Gasteiger partial charge < -0.3 is 5.11 Å². The molecule has 0 amide bonds. The first kappa shape index (κ1) is 10.8. The molecule has 1 atom stereocenters. The lowest BCUT2D eigenvalue weighted by molar-refractivity contribution is 0.174. The highest BCUT2D eigenvalue weighted by molar-refractivity contribution is 7.14. The van der Waals surface area contributed by atoms with Crippen LogP contribution in [0.15, 0.2) is 16.4 Å². The molecule has 0 unspecified atom stereocenters. The van der Waals surface area contributed by atoms with Gasteiger partial charge >= 0.3 is 0 Å². The zero-order valence-electron chi connectivity index (χ0n) is 9.11. The van der Waals surface area contributed by atoms with Gasteiger partial charge in [-0.15, -0.1) is 0 Å². The summed E-state index contributed by atoms with van der Waals surface area (Å²) in [6.45, 7) is 2.12. The van der Waals surface area contributed by atoms with Crippen molar-refractivity contribution >= 4 is 16.3 Å². The third-order valence-corrected chi connectivity index (χ3v) is 3.55. The maximum absolute atomic E-state index is 11.7. The molecule has 3 rings (SSSR count). The molecule has 90 valence electrons. The fourth-order valence-electron chi connectivity index (χ4n) is 2.07. The minimum atomic E-state index is -0.247. The highest BCUT2D eigenvalue weighted by atomic mass is 32.1. The topological polar surface area (TPSA) is 70.7 Å². The Morgan fingerprint density at radius 1 is 1.59 bits per heavy atom. The van der Waals surface area contributed by atoms with Crippen LogP contribution in [0.25, 0.3) is 4.96 Å². The Labute approximate surface area is 101 Å². The molecule has 0 aliphatic carbocycles. The van der Waals surface area contributed by atoms with Gasteiger partial charge in [0.2, 0.25) is 4.96 Å². The van der Waals surface area contributed by atoms with Gasteiger partial charge in [-0.3, -0.25) is 9.69 Å². The predicted molar refractivity (Wildman–Crippen MR) is 63.0 cm³/mol. The van der Waals surface area contributed by atoms with E-state index in [1.807, 2.05) is 0 Å². The average molecular weight is 252 g/mol. The lowest BCUT2D eigenvalue weighted by Crippen LogP contribution is -2.24. The summed E-state index contributed by atoms with van der Waals surface area (Å²) in [5.74, 6) is 0. The smallest absolute Gasteiger partial charge is 0.275 e. The molecule has 2 aromatic heterocycles. The molecule has 2 aromatic rings. The summed E-state index contributed by atoms with van der Waals surface area (Å²) in [6, 6.07) is 1.51. The molecule has 0 aromatic carbocycles. The van der Waals surface area contributed by atoms with Crippen molar-refractivity contribution in [2.45, 2.75) is 19.1 Å². The number of nitrogens with zero attached hydrogens (tertiary/aromatic N) is 4. The Hall–Kier alpha value is -1.31.